The van der Waals surface area contributed by atoms with Crippen LogP contribution < -0.4 is 4.90 Å². The number of hydrogen-bond donors (Lipinski definition) is 1. The Morgan fingerprint density at radius 3 is 3.00 bits per heavy atom. The second-order valence-corrected chi connectivity index (χ2v) is 6.72. The second-order valence-electron chi connectivity index (χ2n) is 6.72. The number of aromatic nitrogens is 6. The molecule has 0 spiro atoms. The first-order valence-corrected chi connectivity index (χ1v) is 8.73. The summed E-state index contributed by atoms with van der Waals surface area (Å²) in [5, 5.41) is 4.85. The van der Waals surface area contributed by atoms with Crippen molar-refractivity contribution in [1.29, 1.82) is 0 Å². The predicted octanol–water partition coefficient (Wildman–Crippen LogP) is 2.62. The average Bonchev–Trinajstić information content (AvgIpc) is 3.28. The van der Waals surface area contributed by atoms with Gasteiger partial charge < -0.3 is 9.88 Å². The predicted molar refractivity (Wildman–Crippen MR) is 98.2 cm³/mol. The molecule has 5 heterocycles. The first kappa shape index (κ1) is 15.1. The average molecular weight is 345 g/mol. The van der Waals surface area contributed by atoms with Crippen molar-refractivity contribution in [1.82, 2.24) is 29.5 Å². The molecule has 1 atom stereocenters. The smallest absolute Gasteiger partial charge is 0.148 e. The van der Waals surface area contributed by atoms with E-state index in [1.165, 1.54) is 11.3 Å². The molecule has 7 heteroatoms. The Kier molecular flexibility index (Phi) is 3.28. The van der Waals surface area contributed by atoms with Crippen LogP contribution in [0.4, 0.5) is 5.82 Å². The molecule has 0 unspecified atom stereocenters. The highest BCUT2D eigenvalue weighted by molar-refractivity contribution is 5.57. The van der Waals surface area contributed by atoms with Gasteiger partial charge in [0.05, 0.1) is 35.1 Å². The van der Waals surface area contributed by atoms with Crippen molar-refractivity contribution in [2.75, 3.05) is 11.4 Å². The van der Waals surface area contributed by atoms with Crippen LogP contribution in [0.5, 0.6) is 0 Å². The van der Waals surface area contributed by atoms with Crippen LogP contribution in [-0.4, -0.2) is 36.1 Å². The van der Waals surface area contributed by atoms with E-state index in [1.807, 2.05) is 29.9 Å². The molecule has 130 valence electrons. The van der Waals surface area contributed by atoms with Crippen LogP contribution in [-0.2, 0) is 6.42 Å². The van der Waals surface area contributed by atoms with E-state index in [1.54, 1.807) is 12.5 Å². The molecule has 4 aromatic rings. The second kappa shape index (κ2) is 5.66. The van der Waals surface area contributed by atoms with Crippen molar-refractivity contribution in [2.45, 2.75) is 26.3 Å². The van der Waals surface area contributed by atoms with Gasteiger partial charge in [-0.05, 0) is 31.5 Å². The zero-order valence-electron chi connectivity index (χ0n) is 14.7. The van der Waals surface area contributed by atoms with E-state index in [9.17, 15) is 0 Å². The fraction of sp³-hybridized carbons (Fsp3) is 0.263. The zero-order chi connectivity index (χ0) is 17.7. The largest absolute Gasteiger partial charge is 0.348 e. The zero-order valence-corrected chi connectivity index (χ0v) is 14.7. The standard InChI is InChI=1S/C19H19N7/c1-12-4-3-6-26-16(12)8-15(24-26)19-18-14(21-11-22-18)5-7-25(19)17-10-20-9-13(2)23-17/h3-4,6,8-11,19H,5,7H2,1-2H3,(H,21,22)/t19-/m1/s1. The summed E-state index contributed by atoms with van der Waals surface area (Å²) < 4.78 is 1.94. The van der Waals surface area contributed by atoms with Gasteiger partial charge in [-0.3, -0.25) is 4.98 Å². The Morgan fingerprint density at radius 2 is 2.15 bits per heavy atom. The number of nitrogens with one attached hydrogen (secondary N) is 1. The Hall–Kier alpha value is -3.22. The highest BCUT2D eigenvalue weighted by Crippen LogP contribution is 2.35. The van der Waals surface area contributed by atoms with Crippen molar-refractivity contribution in [3.05, 3.63) is 71.5 Å². The van der Waals surface area contributed by atoms with E-state index in [-0.39, 0.29) is 6.04 Å². The summed E-state index contributed by atoms with van der Waals surface area (Å²) in [6.45, 7) is 4.90. The molecule has 26 heavy (non-hydrogen) atoms. The van der Waals surface area contributed by atoms with Gasteiger partial charge in [-0.1, -0.05) is 6.07 Å². The van der Waals surface area contributed by atoms with Crippen LogP contribution in [0.25, 0.3) is 5.52 Å². The monoisotopic (exact) mass is 345 g/mol. The van der Waals surface area contributed by atoms with E-state index in [0.29, 0.717) is 0 Å². The van der Waals surface area contributed by atoms with Gasteiger partial charge in [0.1, 0.15) is 11.9 Å². The van der Waals surface area contributed by atoms with Crippen LogP contribution in [0.3, 0.4) is 0 Å². The number of aromatic amines is 1. The Morgan fingerprint density at radius 1 is 1.23 bits per heavy atom. The minimum atomic E-state index is -0.0830. The van der Waals surface area contributed by atoms with Crippen LogP contribution in [0, 0.1) is 13.8 Å². The van der Waals surface area contributed by atoms with Gasteiger partial charge in [-0.2, -0.15) is 5.10 Å². The molecule has 0 radical (unpaired) electrons. The minimum Gasteiger partial charge on any atom is -0.348 e. The fourth-order valence-corrected chi connectivity index (χ4v) is 3.72. The number of anilines is 1. The maximum Gasteiger partial charge on any atom is 0.148 e. The van der Waals surface area contributed by atoms with E-state index in [2.05, 4.69) is 38.9 Å². The van der Waals surface area contributed by atoms with Crippen molar-refractivity contribution in [3.8, 4) is 0 Å². The molecule has 7 nitrogen and oxygen atoms in total. The third-order valence-corrected chi connectivity index (χ3v) is 4.97. The molecule has 1 aliphatic rings. The maximum atomic E-state index is 4.85. The number of nitrogens with zero attached hydrogens (tertiary/aromatic N) is 6. The lowest BCUT2D eigenvalue weighted by atomic mass is 9.99. The number of imidazole rings is 1. The van der Waals surface area contributed by atoms with Gasteiger partial charge in [-0.15, -0.1) is 0 Å². The molecular weight excluding hydrogens is 326 g/mol. The summed E-state index contributed by atoms with van der Waals surface area (Å²) in [4.78, 5) is 19.2. The molecule has 1 N–H and O–H groups in total. The summed E-state index contributed by atoms with van der Waals surface area (Å²) in [7, 11) is 0. The van der Waals surface area contributed by atoms with Crippen LogP contribution in [0.15, 0.2) is 43.1 Å². The van der Waals surface area contributed by atoms with Crippen LogP contribution in [0.2, 0.25) is 0 Å². The third-order valence-electron chi connectivity index (χ3n) is 4.97. The lowest BCUT2D eigenvalue weighted by Crippen LogP contribution is -2.37. The van der Waals surface area contributed by atoms with E-state index in [4.69, 9.17) is 10.1 Å². The van der Waals surface area contributed by atoms with E-state index < -0.39 is 0 Å². The van der Waals surface area contributed by atoms with Crippen molar-refractivity contribution in [3.63, 3.8) is 0 Å². The van der Waals surface area contributed by atoms with Gasteiger partial charge >= 0.3 is 0 Å². The molecule has 1 aliphatic heterocycles. The lowest BCUT2D eigenvalue weighted by molar-refractivity contribution is 0.608. The van der Waals surface area contributed by atoms with Gasteiger partial charge in [0.15, 0.2) is 0 Å². The van der Waals surface area contributed by atoms with Gasteiger partial charge in [0, 0.05) is 31.1 Å². The highest BCUT2D eigenvalue weighted by Gasteiger charge is 2.34. The van der Waals surface area contributed by atoms with Gasteiger partial charge in [0.2, 0.25) is 0 Å². The van der Waals surface area contributed by atoms with E-state index >= 15 is 0 Å². The molecule has 0 saturated carbocycles. The molecule has 4 aromatic heterocycles. The quantitative estimate of drug-likeness (QED) is 0.604. The van der Waals surface area contributed by atoms with Gasteiger partial charge in [-0.25, -0.2) is 14.5 Å². The van der Waals surface area contributed by atoms with E-state index in [0.717, 1.165) is 41.4 Å². The SMILES string of the molecule is Cc1cncc(N2CCc3[nH]cnc3[C@H]2c2cc3c(C)cccn3n2)n1. The summed E-state index contributed by atoms with van der Waals surface area (Å²) in [5.41, 5.74) is 6.36. The summed E-state index contributed by atoms with van der Waals surface area (Å²) in [6.07, 6.45) is 8.24. The minimum absolute atomic E-state index is 0.0830. The topological polar surface area (TPSA) is 75.0 Å². The normalized spacial score (nSPS) is 16.8. The van der Waals surface area contributed by atoms with Gasteiger partial charge in [0.25, 0.3) is 0 Å². The molecule has 0 saturated heterocycles. The Bertz CT molecular complexity index is 1090. The highest BCUT2D eigenvalue weighted by atomic mass is 15.3. The Balaban J connectivity index is 1.69. The number of hydrogen-bond acceptors (Lipinski definition) is 5. The number of aryl methyl sites for hydroxylation is 2. The molecular formula is C19H19N7. The fourth-order valence-electron chi connectivity index (χ4n) is 3.72. The Labute approximate surface area is 150 Å². The number of H-pyrrole nitrogens is 1. The summed E-state index contributed by atoms with van der Waals surface area (Å²) in [5.74, 6) is 0.859. The molecule has 0 aliphatic carbocycles. The number of pyridine rings is 1. The van der Waals surface area contributed by atoms with Crippen LogP contribution >= 0.6 is 0 Å². The third kappa shape index (κ3) is 2.28. The number of rotatable bonds is 2. The summed E-state index contributed by atoms with van der Waals surface area (Å²) >= 11 is 0. The molecule has 0 aromatic carbocycles. The van der Waals surface area contributed by atoms with Crippen molar-refractivity contribution < 1.29 is 0 Å². The lowest BCUT2D eigenvalue weighted by Gasteiger charge is -2.34. The molecule has 0 fully saturated rings. The first-order chi connectivity index (χ1) is 12.7. The molecule has 0 bridgehead atoms. The maximum absolute atomic E-state index is 4.85. The first-order valence-electron chi connectivity index (χ1n) is 8.73. The summed E-state index contributed by atoms with van der Waals surface area (Å²) in [6, 6.07) is 6.19. The molecule has 0 amide bonds. The number of fused-ring (bicyclic) bond motifs is 2. The van der Waals surface area contributed by atoms with Crippen molar-refractivity contribution in [2.24, 2.45) is 0 Å². The van der Waals surface area contributed by atoms with Crippen molar-refractivity contribution >= 4 is 11.3 Å². The molecule has 5 rings (SSSR count). The van der Waals surface area contributed by atoms with Crippen LogP contribution in [0.1, 0.15) is 34.4 Å².